The minimum atomic E-state index is -0.532. The minimum Gasteiger partial charge on any atom is -0.494 e. The van der Waals surface area contributed by atoms with Gasteiger partial charge in [-0.1, -0.05) is 23.2 Å². The number of hydrogen-bond acceptors (Lipinski definition) is 5. The van der Waals surface area contributed by atoms with Crippen molar-refractivity contribution in [2.24, 2.45) is 0 Å². The van der Waals surface area contributed by atoms with Gasteiger partial charge in [-0.3, -0.25) is 10.1 Å². The first-order valence-electron chi connectivity index (χ1n) is 8.17. The number of thiocarbonyl (C=S) groups is 1. The number of carbonyl (C=O) groups excluding carboxylic acids is 2. The second kappa shape index (κ2) is 9.73. The van der Waals surface area contributed by atoms with E-state index in [-0.39, 0.29) is 27.6 Å². The smallest absolute Gasteiger partial charge is 0.338 e. The van der Waals surface area contributed by atoms with E-state index in [0.717, 1.165) is 0 Å². The van der Waals surface area contributed by atoms with E-state index >= 15 is 0 Å². The summed E-state index contributed by atoms with van der Waals surface area (Å²) in [5.41, 5.74) is 1.14. The van der Waals surface area contributed by atoms with E-state index in [0.29, 0.717) is 16.3 Å². The summed E-state index contributed by atoms with van der Waals surface area (Å²) in [4.78, 5) is 24.3. The number of halogens is 2. The number of methoxy groups -OCH3 is 1. The van der Waals surface area contributed by atoms with Crippen LogP contribution in [0, 0.1) is 0 Å². The number of nitrogens with one attached hydrogen (secondary N) is 2. The Morgan fingerprint density at radius 1 is 1.11 bits per heavy atom. The number of anilines is 1. The highest BCUT2D eigenvalue weighted by atomic mass is 35.5. The molecule has 2 aromatic carbocycles. The fourth-order valence-electron chi connectivity index (χ4n) is 2.24. The molecule has 148 valence electrons. The SMILES string of the molecule is COc1c(Cl)cc(Cl)cc1C(=O)NC(=S)Nc1ccc(C(=O)OC(C)C)cc1. The maximum atomic E-state index is 12.5. The Morgan fingerprint density at radius 3 is 2.32 bits per heavy atom. The van der Waals surface area contributed by atoms with Crippen LogP contribution in [0.3, 0.4) is 0 Å². The van der Waals surface area contributed by atoms with Gasteiger partial charge in [-0.05, 0) is 62.5 Å². The minimum absolute atomic E-state index is 0.0562. The normalized spacial score (nSPS) is 10.4. The third-order valence-corrected chi connectivity index (χ3v) is 4.11. The molecule has 0 saturated heterocycles. The van der Waals surface area contributed by atoms with Gasteiger partial charge in [-0.2, -0.15) is 0 Å². The van der Waals surface area contributed by atoms with Crippen LogP contribution in [0.4, 0.5) is 5.69 Å². The maximum Gasteiger partial charge on any atom is 0.338 e. The Labute approximate surface area is 178 Å². The largest absolute Gasteiger partial charge is 0.494 e. The molecule has 0 aliphatic rings. The molecule has 0 radical (unpaired) electrons. The first kappa shape index (κ1) is 21.9. The number of amides is 1. The van der Waals surface area contributed by atoms with Crippen molar-refractivity contribution in [1.29, 1.82) is 0 Å². The topological polar surface area (TPSA) is 76.7 Å². The van der Waals surface area contributed by atoms with Crippen LogP contribution < -0.4 is 15.4 Å². The molecular weight excluding hydrogens is 423 g/mol. The van der Waals surface area contributed by atoms with Gasteiger partial charge in [0.25, 0.3) is 5.91 Å². The number of benzene rings is 2. The second-order valence-corrected chi connectivity index (χ2v) is 7.16. The predicted molar refractivity (Wildman–Crippen MR) is 114 cm³/mol. The summed E-state index contributed by atoms with van der Waals surface area (Å²) in [5, 5.41) is 5.94. The van der Waals surface area contributed by atoms with Crippen molar-refractivity contribution < 1.29 is 19.1 Å². The molecule has 2 rings (SSSR count). The Hall–Kier alpha value is -2.35. The third kappa shape index (κ3) is 5.82. The van der Waals surface area contributed by atoms with Crippen LogP contribution in [0.25, 0.3) is 0 Å². The number of esters is 1. The monoisotopic (exact) mass is 440 g/mol. The lowest BCUT2D eigenvalue weighted by molar-refractivity contribution is 0.0378. The highest BCUT2D eigenvalue weighted by Gasteiger charge is 2.18. The highest BCUT2D eigenvalue weighted by Crippen LogP contribution is 2.32. The van der Waals surface area contributed by atoms with Gasteiger partial charge in [0.1, 0.15) is 5.75 Å². The van der Waals surface area contributed by atoms with Gasteiger partial charge < -0.3 is 14.8 Å². The standard InChI is InChI=1S/C19H18Cl2N2O4S/c1-10(2)27-18(25)11-4-6-13(7-5-11)22-19(28)23-17(24)14-8-12(20)9-15(21)16(14)26-3/h4-10H,1-3H3,(H2,22,23,24,28). The summed E-state index contributed by atoms with van der Waals surface area (Å²) in [6.07, 6.45) is -0.204. The van der Waals surface area contributed by atoms with Crippen molar-refractivity contribution in [3.63, 3.8) is 0 Å². The quantitative estimate of drug-likeness (QED) is 0.518. The van der Waals surface area contributed by atoms with E-state index in [2.05, 4.69) is 10.6 Å². The fourth-order valence-corrected chi connectivity index (χ4v) is 3.02. The molecule has 0 aliphatic carbocycles. The average molecular weight is 441 g/mol. The molecule has 0 atom stereocenters. The van der Waals surface area contributed by atoms with E-state index < -0.39 is 11.9 Å². The van der Waals surface area contributed by atoms with Crippen LogP contribution in [0.1, 0.15) is 34.6 Å². The molecule has 6 nitrogen and oxygen atoms in total. The molecule has 0 fully saturated rings. The van der Waals surface area contributed by atoms with Crippen molar-refractivity contribution in [2.75, 3.05) is 12.4 Å². The summed E-state index contributed by atoms with van der Waals surface area (Å²) >= 11 is 17.2. The zero-order valence-electron chi connectivity index (χ0n) is 15.3. The lowest BCUT2D eigenvalue weighted by Gasteiger charge is -2.13. The number of rotatable bonds is 5. The summed E-state index contributed by atoms with van der Waals surface area (Å²) in [7, 11) is 1.40. The van der Waals surface area contributed by atoms with E-state index in [1.165, 1.54) is 19.2 Å². The molecule has 0 aliphatic heterocycles. The van der Waals surface area contributed by atoms with Crippen LogP contribution in [0.5, 0.6) is 5.75 Å². The van der Waals surface area contributed by atoms with Crippen LogP contribution in [0.15, 0.2) is 36.4 Å². The molecule has 2 N–H and O–H groups in total. The van der Waals surface area contributed by atoms with E-state index in [1.807, 2.05) is 0 Å². The Kier molecular flexibility index (Phi) is 7.62. The van der Waals surface area contributed by atoms with E-state index in [1.54, 1.807) is 38.1 Å². The molecule has 0 spiro atoms. The molecule has 9 heteroatoms. The molecule has 0 heterocycles. The summed E-state index contributed by atoms with van der Waals surface area (Å²) in [5.74, 6) is -0.752. The van der Waals surface area contributed by atoms with Gasteiger partial charge >= 0.3 is 5.97 Å². The summed E-state index contributed by atoms with van der Waals surface area (Å²) in [6.45, 7) is 3.55. The van der Waals surface area contributed by atoms with Gasteiger partial charge in [0.15, 0.2) is 5.11 Å². The number of carbonyl (C=O) groups is 2. The fraction of sp³-hybridized carbons (Fsp3) is 0.211. The van der Waals surface area contributed by atoms with Gasteiger partial charge in [-0.15, -0.1) is 0 Å². The maximum absolute atomic E-state index is 12.5. The van der Waals surface area contributed by atoms with Gasteiger partial charge in [0.05, 0.1) is 29.4 Å². The molecule has 0 aromatic heterocycles. The second-order valence-electron chi connectivity index (χ2n) is 5.91. The van der Waals surface area contributed by atoms with Crippen molar-refractivity contribution in [3.05, 3.63) is 57.6 Å². The number of hydrogen-bond donors (Lipinski definition) is 2. The zero-order chi connectivity index (χ0) is 20.8. The van der Waals surface area contributed by atoms with Gasteiger partial charge in [0.2, 0.25) is 0 Å². The van der Waals surface area contributed by atoms with Crippen LogP contribution in [0.2, 0.25) is 10.0 Å². The number of ether oxygens (including phenoxy) is 2. The Bertz CT molecular complexity index is 902. The lowest BCUT2D eigenvalue weighted by atomic mass is 10.2. The Balaban J connectivity index is 2.04. The first-order valence-corrected chi connectivity index (χ1v) is 9.34. The molecule has 0 bridgehead atoms. The van der Waals surface area contributed by atoms with Crippen molar-refractivity contribution in [1.82, 2.24) is 5.32 Å². The van der Waals surface area contributed by atoms with Crippen LogP contribution in [-0.4, -0.2) is 30.2 Å². The summed E-state index contributed by atoms with van der Waals surface area (Å²) in [6, 6.07) is 9.38. The lowest BCUT2D eigenvalue weighted by Crippen LogP contribution is -2.34. The van der Waals surface area contributed by atoms with Crippen LogP contribution >= 0.6 is 35.4 Å². The van der Waals surface area contributed by atoms with Crippen molar-refractivity contribution in [3.8, 4) is 5.75 Å². The van der Waals surface area contributed by atoms with Gasteiger partial charge in [-0.25, -0.2) is 4.79 Å². The van der Waals surface area contributed by atoms with Crippen molar-refractivity contribution >= 4 is 58.1 Å². The van der Waals surface area contributed by atoms with E-state index in [4.69, 9.17) is 44.9 Å². The molecule has 28 heavy (non-hydrogen) atoms. The first-order chi connectivity index (χ1) is 13.2. The van der Waals surface area contributed by atoms with Gasteiger partial charge in [0, 0.05) is 10.7 Å². The van der Waals surface area contributed by atoms with E-state index in [9.17, 15) is 9.59 Å². The molecular formula is C19H18Cl2N2O4S. The average Bonchev–Trinajstić information content (AvgIpc) is 2.61. The Morgan fingerprint density at radius 2 is 1.75 bits per heavy atom. The predicted octanol–water partition coefficient (Wildman–Crippen LogP) is 4.69. The summed E-state index contributed by atoms with van der Waals surface area (Å²) < 4.78 is 10.3. The zero-order valence-corrected chi connectivity index (χ0v) is 17.7. The molecule has 0 unspecified atom stereocenters. The van der Waals surface area contributed by atoms with Crippen molar-refractivity contribution in [2.45, 2.75) is 20.0 Å². The molecule has 1 amide bonds. The third-order valence-electron chi connectivity index (χ3n) is 3.41. The van der Waals surface area contributed by atoms with Crippen LogP contribution in [-0.2, 0) is 4.74 Å². The highest BCUT2D eigenvalue weighted by molar-refractivity contribution is 7.80. The molecule has 0 saturated carbocycles. The molecule has 2 aromatic rings.